The maximum Gasteiger partial charge on any atom is 0.491 e. The third kappa shape index (κ3) is 4.22. The number of hydrogen-bond donors (Lipinski definition) is 2. The van der Waals surface area contributed by atoms with Gasteiger partial charge in [-0.25, -0.2) is 4.39 Å². The van der Waals surface area contributed by atoms with Gasteiger partial charge in [-0.3, -0.25) is 4.90 Å². The van der Waals surface area contributed by atoms with Crippen LogP contribution in [0.3, 0.4) is 0 Å². The minimum Gasteiger partial charge on any atom is -0.423 e. The topological polar surface area (TPSA) is 43.7 Å². The quantitative estimate of drug-likeness (QED) is 0.824. The summed E-state index contributed by atoms with van der Waals surface area (Å²) >= 11 is 1.98. The Hall–Kier alpha value is -0.555. The number of hydrogen-bond acceptors (Lipinski definition) is 4. The highest BCUT2D eigenvalue weighted by atomic mass is 32.2. The zero-order valence-corrected chi connectivity index (χ0v) is 12.8. The van der Waals surface area contributed by atoms with Crippen molar-refractivity contribution in [3.8, 4) is 0 Å². The Kier molecular flexibility index (Phi) is 5.12. The normalized spacial score (nSPS) is 19.6. The van der Waals surface area contributed by atoms with Crippen LogP contribution in [0.1, 0.15) is 25.8 Å². The number of benzene rings is 1. The number of thioether (sulfide) groups is 1. The molecule has 0 unspecified atom stereocenters. The van der Waals surface area contributed by atoms with Gasteiger partial charge in [0.1, 0.15) is 5.82 Å². The largest absolute Gasteiger partial charge is 0.491 e. The molecule has 6 heteroatoms. The van der Waals surface area contributed by atoms with Gasteiger partial charge >= 0.3 is 7.12 Å². The van der Waals surface area contributed by atoms with Crippen LogP contribution < -0.4 is 5.46 Å². The predicted molar refractivity (Wildman–Crippen MR) is 82.7 cm³/mol. The van der Waals surface area contributed by atoms with Gasteiger partial charge in [-0.15, -0.1) is 0 Å². The van der Waals surface area contributed by atoms with Crippen LogP contribution in [0.4, 0.5) is 4.39 Å². The molecule has 1 saturated heterocycles. The second-order valence-electron chi connectivity index (χ2n) is 5.86. The van der Waals surface area contributed by atoms with E-state index < -0.39 is 12.9 Å². The summed E-state index contributed by atoms with van der Waals surface area (Å²) in [7, 11) is -1.76. The molecule has 1 fully saturated rings. The van der Waals surface area contributed by atoms with Gasteiger partial charge in [0.15, 0.2) is 0 Å². The molecular weight excluding hydrogens is 276 g/mol. The minimum atomic E-state index is -1.76. The molecule has 0 atom stereocenters. The Balaban J connectivity index is 2.05. The van der Waals surface area contributed by atoms with Crippen LogP contribution in [-0.2, 0) is 6.54 Å². The van der Waals surface area contributed by atoms with E-state index >= 15 is 0 Å². The molecule has 20 heavy (non-hydrogen) atoms. The highest BCUT2D eigenvalue weighted by Gasteiger charge is 2.24. The molecule has 2 N–H and O–H groups in total. The summed E-state index contributed by atoms with van der Waals surface area (Å²) in [6.45, 7) is 7.26. The molecule has 0 radical (unpaired) electrons. The van der Waals surface area contributed by atoms with Crippen molar-refractivity contribution in [2.45, 2.75) is 31.6 Å². The fourth-order valence-electron chi connectivity index (χ4n) is 2.37. The lowest BCUT2D eigenvalue weighted by Gasteiger charge is -2.22. The van der Waals surface area contributed by atoms with Crippen LogP contribution in [0.25, 0.3) is 0 Å². The van der Waals surface area contributed by atoms with Gasteiger partial charge in [-0.2, -0.15) is 11.8 Å². The first kappa shape index (κ1) is 15.8. The smallest absolute Gasteiger partial charge is 0.423 e. The summed E-state index contributed by atoms with van der Waals surface area (Å²) in [6.07, 6.45) is 1.12. The molecule has 1 aliphatic rings. The minimum absolute atomic E-state index is 0.0490. The maximum absolute atomic E-state index is 13.4. The molecule has 1 aliphatic heterocycles. The summed E-state index contributed by atoms with van der Waals surface area (Å²) in [6, 6.07) is 4.56. The van der Waals surface area contributed by atoms with Gasteiger partial charge in [-0.1, -0.05) is 26.0 Å². The van der Waals surface area contributed by atoms with Crippen LogP contribution in [0.5, 0.6) is 0 Å². The monoisotopic (exact) mass is 297 g/mol. The molecule has 110 valence electrons. The van der Waals surface area contributed by atoms with Crippen LogP contribution in [0.2, 0.25) is 0 Å². The van der Waals surface area contributed by atoms with Gasteiger partial charge in [0, 0.05) is 29.1 Å². The van der Waals surface area contributed by atoms with E-state index in [1.54, 1.807) is 12.1 Å². The third-order valence-electron chi connectivity index (χ3n) is 3.68. The van der Waals surface area contributed by atoms with E-state index in [4.69, 9.17) is 10.0 Å². The summed E-state index contributed by atoms with van der Waals surface area (Å²) in [5.41, 5.74) is 0.867. The molecule has 0 spiro atoms. The predicted octanol–water partition coefficient (Wildman–Crippen LogP) is 1.22. The van der Waals surface area contributed by atoms with Crippen molar-refractivity contribution < 1.29 is 14.4 Å². The highest BCUT2D eigenvalue weighted by Crippen LogP contribution is 2.30. The molecule has 1 aromatic carbocycles. The van der Waals surface area contributed by atoms with Crippen molar-refractivity contribution in [1.29, 1.82) is 0 Å². The Morgan fingerprint density at radius 3 is 2.80 bits per heavy atom. The Bertz CT molecular complexity index is 470. The fourth-order valence-corrected chi connectivity index (χ4v) is 3.51. The molecule has 0 amide bonds. The van der Waals surface area contributed by atoms with E-state index in [0.717, 1.165) is 37.4 Å². The SMILES string of the molecule is CC1(C)CCN(Cc2ccc(F)c(B(O)O)c2)CCS1. The van der Waals surface area contributed by atoms with Crippen molar-refractivity contribution in [2.24, 2.45) is 0 Å². The lowest BCUT2D eigenvalue weighted by molar-refractivity contribution is 0.276. The van der Waals surface area contributed by atoms with Crippen molar-refractivity contribution in [2.75, 3.05) is 18.8 Å². The van der Waals surface area contributed by atoms with Crippen LogP contribution >= 0.6 is 11.8 Å². The zero-order valence-electron chi connectivity index (χ0n) is 12.0. The van der Waals surface area contributed by atoms with Gasteiger partial charge in [0.25, 0.3) is 0 Å². The van der Waals surface area contributed by atoms with Crippen LogP contribution in [0.15, 0.2) is 18.2 Å². The molecular formula is C14H21BFNO2S. The molecule has 0 aromatic heterocycles. The Morgan fingerprint density at radius 2 is 2.10 bits per heavy atom. The first-order valence-corrected chi connectivity index (χ1v) is 7.87. The molecule has 0 saturated carbocycles. The van der Waals surface area contributed by atoms with Crippen LogP contribution in [0, 0.1) is 5.82 Å². The first-order valence-electron chi connectivity index (χ1n) is 6.88. The first-order chi connectivity index (χ1) is 9.37. The molecule has 0 aliphatic carbocycles. The number of rotatable bonds is 3. The third-order valence-corrected chi connectivity index (χ3v) is 5.05. The van der Waals surface area contributed by atoms with Gasteiger partial charge < -0.3 is 10.0 Å². The van der Waals surface area contributed by atoms with E-state index in [1.165, 1.54) is 6.07 Å². The molecule has 3 nitrogen and oxygen atoms in total. The summed E-state index contributed by atoms with van der Waals surface area (Å²) in [4.78, 5) is 2.34. The number of halogens is 1. The standard InChI is InChI=1S/C14H21BFNO2S/c1-14(2)5-6-17(7-8-20-14)10-11-3-4-13(16)12(9-11)15(18)19/h3-4,9,18-19H,5-8,10H2,1-2H3. The average molecular weight is 297 g/mol. The lowest BCUT2D eigenvalue weighted by atomic mass is 9.79. The summed E-state index contributed by atoms with van der Waals surface area (Å²) in [5, 5.41) is 18.3. The summed E-state index contributed by atoms with van der Waals surface area (Å²) in [5.74, 6) is 0.514. The maximum atomic E-state index is 13.4. The molecule has 2 rings (SSSR count). The second kappa shape index (κ2) is 6.47. The van der Waals surface area contributed by atoms with E-state index in [2.05, 4.69) is 18.7 Å². The zero-order chi connectivity index (χ0) is 14.8. The van der Waals surface area contributed by atoms with Crippen molar-refractivity contribution in [3.63, 3.8) is 0 Å². The number of nitrogens with zero attached hydrogens (tertiary/aromatic N) is 1. The summed E-state index contributed by atoms with van der Waals surface area (Å²) < 4.78 is 13.7. The van der Waals surface area contributed by atoms with Gasteiger partial charge in [-0.05, 0) is 24.6 Å². The highest BCUT2D eigenvalue weighted by molar-refractivity contribution is 8.00. The van der Waals surface area contributed by atoms with E-state index in [1.807, 2.05) is 11.8 Å². The average Bonchev–Trinajstić information content (AvgIpc) is 2.53. The van der Waals surface area contributed by atoms with Crippen molar-refractivity contribution in [1.82, 2.24) is 4.90 Å². The van der Waals surface area contributed by atoms with E-state index in [-0.39, 0.29) is 5.46 Å². The fraction of sp³-hybridized carbons (Fsp3) is 0.571. The molecule has 1 heterocycles. The van der Waals surface area contributed by atoms with E-state index in [0.29, 0.717) is 4.75 Å². The molecule has 1 aromatic rings. The van der Waals surface area contributed by atoms with Gasteiger partial charge in [0.2, 0.25) is 0 Å². The second-order valence-corrected chi connectivity index (χ2v) is 7.67. The van der Waals surface area contributed by atoms with Gasteiger partial charge in [0.05, 0.1) is 0 Å². The molecule has 0 bridgehead atoms. The van der Waals surface area contributed by atoms with Crippen molar-refractivity contribution in [3.05, 3.63) is 29.6 Å². The van der Waals surface area contributed by atoms with E-state index in [9.17, 15) is 4.39 Å². The Labute approximate surface area is 124 Å². The lowest BCUT2D eigenvalue weighted by Crippen LogP contribution is -2.34. The van der Waals surface area contributed by atoms with Crippen LogP contribution in [-0.4, -0.2) is 45.7 Å². The van der Waals surface area contributed by atoms with Crippen molar-refractivity contribution >= 4 is 24.3 Å². The Morgan fingerprint density at radius 1 is 1.35 bits per heavy atom.